The Labute approximate surface area is 176 Å². The summed E-state index contributed by atoms with van der Waals surface area (Å²) < 4.78 is 5.52. The molecular formula is C23H30N2O3S. The van der Waals surface area contributed by atoms with Crippen molar-refractivity contribution in [3.63, 3.8) is 0 Å². The lowest BCUT2D eigenvalue weighted by atomic mass is 10.0. The third-order valence-corrected chi connectivity index (χ3v) is 6.22. The Hall–Kier alpha value is -2.21. The van der Waals surface area contributed by atoms with Gasteiger partial charge in [-0.2, -0.15) is 0 Å². The molecule has 3 rings (SSSR count). The van der Waals surface area contributed by atoms with E-state index in [2.05, 4.69) is 12.2 Å². The van der Waals surface area contributed by atoms with E-state index in [0.717, 1.165) is 31.4 Å². The average Bonchev–Trinajstić information content (AvgIpc) is 3.17. The monoisotopic (exact) mass is 414 g/mol. The summed E-state index contributed by atoms with van der Waals surface area (Å²) in [6.45, 7) is 3.34. The largest absolute Gasteiger partial charge is 0.494 e. The number of amides is 1. The van der Waals surface area contributed by atoms with Gasteiger partial charge in [-0.25, -0.2) is 4.98 Å². The summed E-state index contributed by atoms with van der Waals surface area (Å²) in [7, 11) is 0. The summed E-state index contributed by atoms with van der Waals surface area (Å²) >= 11 is 1.83. The highest BCUT2D eigenvalue weighted by Gasteiger charge is 2.15. The minimum absolute atomic E-state index is 0.0180. The number of ketones is 1. The molecule has 0 unspecified atom stereocenters. The maximum absolute atomic E-state index is 12.3. The van der Waals surface area contributed by atoms with Crippen molar-refractivity contribution in [2.45, 2.75) is 64.7 Å². The third-order valence-electron chi connectivity index (χ3n) is 5.01. The zero-order chi connectivity index (χ0) is 20.5. The van der Waals surface area contributed by atoms with Crippen LogP contribution in [-0.4, -0.2) is 29.8 Å². The molecule has 2 aromatic rings. The molecule has 0 saturated carbocycles. The van der Waals surface area contributed by atoms with Gasteiger partial charge in [-0.1, -0.05) is 6.92 Å². The molecule has 1 heterocycles. The number of nitrogens with one attached hydrogen (secondary N) is 1. The van der Waals surface area contributed by atoms with Gasteiger partial charge in [-0.05, 0) is 62.8 Å². The van der Waals surface area contributed by atoms with Crippen molar-refractivity contribution in [3.05, 3.63) is 45.4 Å². The van der Waals surface area contributed by atoms with Crippen LogP contribution in [0.1, 0.15) is 71.4 Å². The molecule has 1 aromatic carbocycles. The molecule has 0 aliphatic heterocycles. The number of nitrogens with zero attached hydrogens (tertiary/aromatic N) is 1. The fourth-order valence-electron chi connectivity index (χ4n) is 3.40. The molecule has 0 atom stereocenters. The van der Waals surface area contributed by atoms with E-state index in [1.54, 1.807) is 24.3 Å². The molecule has 1 aromatic heterocycles. The van der Waals surface area contributed by atoms with Crippen LogP contribution in [-0.2, 0) is 24.1 Å². The lowest BCUT2D eigenvalue weighted by Crippen LogP contribution is -2.25. The molecule has 1 amide bonds. The first-order valence-corrected chi connectivity index (χ1v) is 11.5. The van der Waals surface area contributed by atoms with E-state index >= 15 is 0 Å². The number of hydrogen-bond acceptors (Lipinski definition) is 5. The fourth-order valence-corrected chi connectivity index (χ4v) is 4.60. The number of hydrogen-bond donors (Lipinski definition) is 1. The van der Waals surface area contributed by atoms with Gasteiger partial charge in [0.2, 0.25) is 5.91 Å². The molecule has 0 radical (unpaired) electrons. The standard InChI is InChI=1S/C23H30N2O3S/c1-2-16-28-18-11-9-17(10-12-18)20(26)13-14-22(27)24-15-5-8-23-25-19-6-3-4-7-21(19)29-23/h9-12H,2-8,13-16H2,1H3,(H,24,27). The number of ether oxygens (including phenoxy) is 1. The third kappa shape index (κ3) is 6.67. The summed E-state index contributed by atoms with van der Waals surface area (Å²) in [5, 5.41) is 4.11. The second kappa shape index (κ2) is 11.1. The predicted molar refractivity (Wildman–Crippen MR) is 116 cm³/mol. The van der Waals surface area contributed by atoms with Gasteiger partial charge >= 0.3 is 0 Å². The van der Waals surface area contributed by atoms with Crippen LogP contribution in [0.5, 0.6) is 5.75 Å². The summed E-state index contributed by atoms with van der Waals surface area (Å²) in [5.41, 5.74) is 1.91. The number of thiazole rings is 1. The maximum atomic E-state index is 12.3. The first-order chi connectivity index (χ1) is 14.2. The lowest BCUT2D eigenvalue weighted by molar-refractivity contribution is -0.121. The van der Waals surface area contributed by atoms with Crippen LogP contribution in [0.15, 0.2) is 24.3 Å². The van der Waals surface area contributed by atoms with Crippen molar-refractivity contribution in [2.75, 3.05) is 13.2 Å². The smallest absolute Gasteiger partial charge is 0.220 e. The van der Waals surface area contributed by atoms with Crippen LogP contribution in [0.4, 0.5) is 0 Å². The van der Waals surface area contributed by atoms with Gasteiger partial charge in [0.1, 0.15) is 5.75 Å². The van der Waals surface area contributed by atoms with E-state index in [1.165, 1.54) is 34.8 Å². The molecule has 1 N–H and O–H groups in total. The van der Waals surface area contributed by atoms with Gasteiger partial charge in [0.15, 0.2) is 5.78 Å². The Bertz CT molecular complexity index is 791. The predicted octanol–water partition coefficient (Wildman–Crippen LogP) is 4.52. The summed E-state index contributed by atoms with van der Waals surface area (Å²) in [5.74, 6) is 0.678. The van der Waals surface area contributed by atoms with E-state index in [4.69, 9.17) is 9.72 Å². The van der Waals surface area contributed by atoms with Crippen LogP contribution in [0.25, 0.3) is 0 Å². The van der Waals surface area contributed by atoms with Crippen LogP contribution in [0.2, 0.25) is 0 Å². The van der Waals surface area contributed by atoms with Gasteiger partial charge in [0.05, 0.1) is 17.3 Å². The van der Waals surface area contributed by atoms with Crippen LogP contribution in [0.3, 0.4) is 0 Å². The minimum atomic E-state index is -0.0697. The van der Waals surface area contributed by atoms with E-state index in [9.17, 15) is 9.59 Å². The zero-order valence-electron chi connectivity index (χ0n) is 17.2. The molecule has 5 nitrogen and oxygen atoms in total. The number of carbonyl (C=O) groups is 2. The molecule has 0 saturated heterocycles. The highest BCUT2D eigenvalue weighted by Crippen LogP contribution is 2.27. The average molecular weight is 415 g/mol. The van der Waals surface area contributed by atoms with Crippen LogP contribution < -0.4 is 10.1 Å². The number of Topliss-reactive ketones (excluding diaryl/α,β-unsaturated/α-hetero) is 1. The van der Waals surface area contributed by atoms with Crippen molar-refractivity contribution < 1.29 is 14.3 Å². The second-order valence-corrected chi connectivity index (χ2v) is 8.60. The van der Waals surface area contributed by atoms with Gasteiger partial charge in [-0.3, -0.25) is 9.59 Å². The summed E-state index contributed by atoms with van der Waals surface area (Å²) in [6, 6.07) is 7.14. The second-order valence-electron chi connectivity index (χ2n) is 7.43. The number of benzene rings is 1. The van der Waals surface area contributed by atoms with Crippen LogP contribution >= 0.6 is 11.3 Å². The molecule has 6 heteroatoms. The number of aryl methyl sites for hydroxylation is 3. The number of rotatable bonds is 11. The molecular weight excluding hydrogens is 384 g/mol. The zero-order valence-corrected chi connectivity index (χ0v) is 18.0. The van der Waals surface area contributed by atoms with Crippen molar-refractivity contribution in [1.82, 2.24) is 10.3 Å². The number of carbonyl (C=O) groups excluding carboxylic acids is 2. The Balaban J connectivity index is 1.32. The van der Waals surface area contributed by atoms with E-state index in [0.29, 0.717) is 18.7 Å². The lowest BCUT2D eigenvalue weighted by Gasteiger charge is -2.06. The van der Waals surface area contributed by atoms with Crippen molar-refractivity contribution in [1.29, 1.82) is 0 Å². The quantitative estimate of drug-likeness (QED) is 0.433. The first kappa shape index (κ1) is 21.5. The van der Waals surface area contributed by atoms with E-state index < -0.39 is 0 Å². The van der Waals surface area contributed by atoms with Crippen LogP contribution in [0, 0.1) is 0 Å². The van der Waals surface area contributed by atoms with Gasteiger partial charge in [0, 0.05) is 36.2 Å². The van der Waals surface area contributed by atoms with E-state index in [1.807, 2.05) is 11.3 Å². The molecule has 0 spiro atoms. The highest BCUT2D eigenvalue weighted by atomic mass is 32.1. The highest BCUT2D eigenvalue weighted by molar-refractivity contribution is 7.11. The van der Waals surface area contributed by atoms with Gasteiger partial charge < -0.3 is 10.1 Å². The van der Waals surface area contributed by atoms with Crippen molar-refractivity contribution >= 4 is 23.0 Å². The first-order valence-electron chi connectivity index (χ1n) is 10.7. The minimum Gasteiger partial charge on any atom is -0.494 e. The fraction of sp³-hybridized carbons (Fsp3) is 0.522. The Kier molecular flexibility index (Phi) is 8.23. The normalized spacial score (nSPS) is 13.0. The summed E-state index contributed by atoms with van der Waals surface area (Å²) in [4.78, 5) is 30.5. The Morgan fingerprint density at radius 1 is 1.14 bits per heavy atom. The van der Waals surface area contributed by atoms with Crippen molar-refractivity contribution in [3.8, 4) is 5.75 Å². The molecule has 156 valence electrons. The Morgan fingerprint density at radius 2 is 1.93 bits per heavy atom. The van der Waals surface area contributed by atoms with Gasteiger partial charge in [-0.15, -0.1) is 11.3 Å². The topological polar surface area (TPSA) is 68.3 Å². The molecule has 1 aliphatic rings. The SMILES string of the molecule is CCCOc1ccc(C(=O)CCC(=O)NCCCc2nc3c(s2)CCCC3)cc1. The maximum Gasteiger partial charge on any atom is 0.220 e. The molecule has 0 bridgehead atoms. The number of fused-ring (bicyclic) bond motifs is 1. The van der Waals surface area contributed by atoms with Gasteiger partial charge in [0.25, 0.3) is 0 Å². The molecule has 29 heavy (non-hydrogen) atoms. The Morgan fingerprint density at radius 3 is 2.69 bits per heavy atom. The van der Waals surface area contributed by atoms with Crippen molar-refractivity contribution in [2.24, 2.45) is 0 Å². The molecule has 1 aliphatic carbocycles. The molecule has 0 fully saturated rings. The summed E-state index contributed by atoms with van der Waals surface area (Å²) in [6.07, 6.45) is 7.99. The number of aromatic nitrogens is 1. The van der Waals surface area contributed by atoms with E-state index in [-0.39, 0.29) is 24.5 Å².